The van der Waals surface area contributed by atoms with Crippen LogP contribution in [0, 0.1) is 6.92 Å². The van der Waals surface area contributed by atoms with E-state index in [2.05, 4.69) is 27.6 Å². The van der Waals surface area contributed by atoms with E-state index in [9.17, 15) is 9.59 Å². The number of amides is 1. The van der Waals surface area contributed by atoms with Crippen molar-refractivity contribution in [2.75, 3.05) is 0 Å². The average molecular weight is 546 g/mol. The van der Waals surface area contributed by atoms with Crippen LogP contribution in [0.25, 0.3) is 16.6 Å². The number of nitrogens with one attached hydrogen (secondary N) is 1. The van der Waals surface area contributed by atoms with Gasteiger partial charge in [0.1, 0.15) is 12.7 Å². The summed E-state index contributed by atoms with van der Waals surface area (Å²) < 4.78 is 3.64. The van der Waals surface area contributed by atoms with Crippen LogP contribution in [0.2, 0.25) is 10.0 Å². The Morgan fingerprint density at radius 3 is 2.37 bits per heavy atom. The Balaban J connectivity index is 1.42. The normalized spacial score (nSPS) is 11.1. The first-order valence-corrected chi connectivity index (χ1v) is 12.9. The Bertz CT molecular complexity index is 1590. The Morgan fingerprint density at radius 1 is 0.974 bits per heavy atom. The van der Waals surface area contributed by atoms with Crippen LogP contribution in [-0.4, -0.2) is 31.5 Å². The summed E-state index contributed by atoms with van der Waals surface area (Å²) in [6.45, 7) is 2.16. The molecule has 0 radical (unpaired) electrons. The summed E-state index contributed by atoms with van der Waals surface area (Å²) >= 11 is 12.9. The number of carbonyl (C=O) groups is 2. The summed E-state index contributed by atoms with van der Waals surface area (Å²) in [5.41, 5.74) is 5.55. The van der Waals surface area contributed by atoms with Crippen LogP contribution in [0.5, 0.6) is 0 Å². The number of rotatable bonds is 9. The molecule has 1 N–H and O–H groups in total. The highest BCUT2D eigenvalue weighted by molar-refractivity contribution is 6.40. The van der Waals surface area contributed by atoms with E-state index in [0.29, 0.717) is 17.7 Å². The van der Waals surface area contributed by atoms with Gasteiger partial charge in [0.25, 0.3) is 5.91 Å². The molecule has 0 aliphatic heterocycles. The van der Waals surface area contributed by atoms with Crippen LogP contribution in [0.3, 0.4) is 0 Å². The van der Waals surface area contributed by atoms with Crippen molar-refractivity contribution < 1.29 is 9.59 Å². The number of aryl methyl sites for hydroxylation is 2. The topological polar surface area (TPSA) is 81.8 Å². The Labute approximate surface area is 230 Å². The summed E-state index contributed by atoms with van der Waals surface area (Å²) in [4.78, 5) is 25.5. The lowest BCUT2D eigenvalue weighted by Crippen LogP contribution is -2.27. The molecule has 1 amide bonds. The number of nitrogens with zero attached hydrogens (tertiary/aromatic N) is 4. The van der Waals surface area contributed by atoms with E-state index in [1.165, 1.54) is 18.2 Å². The van der Waals surface area contributed by atoms with Crippen molar-refractivity contribution in [1.82, 2.24) is 24.6 Å². The maximum absolute atomic E-state index is 13.2. The van der Waals surface area contributed by atoms with Crippen molar-refractivity contribution in [2.24, 2.45) is 0 Å². The molecular weight excluding hydrogens is 521 g/mol. The predicted octanol–water partition coefficient (Wildman–Crippen LogP) is 6.21. The van der Waals surface area contributed by atoms with E-state index in [4.69, 9.17) is 23.2 Å². The zero-order valence-corrected chi connectivity index (χ0v) is 22.2. The van der Waals surface area contributed by atoms with E-state index < -0.39 is 5.91 Å². The minimum absolute atomic E-state index is 0.159. The molecule has 7 nitrogen and oxygen atoms in total. The third-order valence-corrected chi connectivity index (χ3v) is 7.17. The number of aldehydes is 1. The maximum atomic E-state index is 13.2. The highest BCUT2D eigenvalue weighted by Crippen LogP contribution is 2.30. The highest BCUT2D eigenvalue weighted by atomic mass is 35.5. The molecule has 0 spiro atoms. The maximum Gasteiger partial charge on any atom is 0.255 e. The van der Waals surface area contributed by atoms with E-state index in [-0.39, 0.29) is 22.3 Å². The lowest BCUT2D eigenvalue weighted by Gasteiger charge is -2.15. The minimum Gasteiger partial charge on any atom is -0.334 e. The first-order valence-electron chi connectivity index (χ1n) is 12.2. The van der Waals surface area contributed by atoms with Crippen LogP contribution in [0.4, 0.5) is 0 Å². The van der Waals surface area contributed by atoms with Gasteiger partial charge < -0.3 is 9.88 Å². The molecule has 192 valence electrons. The highest BCUT2D eigenvalue weighted by Gasteiger charge is 2.20. The van der Waals surface area contributed by atoms with Crippen molar-refractivity contribution in [1.29, 1.82) is 0 Å². The summed E-state index contributed by atoms with van der Waals surface area (Å²) in [6.07, 6.45) is 6.37. The monoisotopic (exact) mass is 545 g/mol. The molecule has 2 aromatic heterocycles. The van der Waals surface area contributed by atoms with Gasteiger partial charge in [-0.2, -0.15) is 0 Å². The molecule has 0 fully saturated rings. The smallest absolute Gasteiger partial charge is 0.255 e. The predicted molar refractivity (Wildman–Crippen MR) is 149 cm³/mol. The first kappa shape index (κ1) is 25.7. The van der Waals surface area contributed by atoms with E-state index in [0.717, 1.165) is 41.3 Å². The van der Waals surface area contributed by atoms with Gasteiger partial charge in [0.2, 0.25) is 0 Å². The van der Waals surface area contributed by atoms with Crippen molar-refractivity contribution in [3.8, 4) is 5.69 Å². The van der Waals surface area contributed by atoms with E-state index >= 15 is 0 Å². The van der Waals surface area contributed by atoms with E-state index in [1.807, 2.05) is 47.9 Å². The SMILES string of the molecule is Cc1ccc2c(c1)c(C=O)c(CCCc1ccccc1)n2CNC(=O)c1c(Cl)cc(-n2cnnc2)cc1Cl. The number of benzene rings is 3. The first-order chi connectivity index (χ1) is 18.5. The van der Waals surface area contributed by atoms with E-state index in [1.54, 1.807) is 16.7 Å². The van der Waals surface area contributed by atoms with Gasteiger partial charge in [-0.05, 0) is 56.0 Å². The fraction of sp³-hybridized carbons (Fsp3) is 0.172. The molecule has 0 unspecified atom stereocenters. The molecule has 38 heavy (non-hydrogen) atoms. The quantitative estimate of drug-likeness (QED) is 0.223. The van der Waals surface area contributed by atoms with Crippen LogP contribution in [0.1, 0.15) is 44.0 Å². The Morgan fingerprint density at radius 2 is 1.68 bits per heavy atom. The van der Waals surface area contributed by atoms with Gasteiger partial charge in [0.05, 0.1) is 33.5 Å². The molecule has 0 saturated carbocycles. The molecule has 0 atom stereocenters. The van der Waals surface area contributed by atoms with Crippen molar-refractivity contribution in [2.45, 2.75) is 32.9 Å². The molecule has 5 aromatic rings. The number of carbonyl (C=O) groups excluding carboxylic acids is 2. The van der Waals surface area contributed by atoms with Gasteiger partial charge in [0.15, 0.2) is 6.29 Å². The molecule has 0 aliphatic carbocycles. The lowest BCUT2D eigenvalue weighted by molar-refractivity contribution is 0.0942. The molecule has 5 rings (SSSR count). The molecule has 2 heterocycles. The van der Waals surface area contributed by atoms with Crippen LogP contribution in [0.15, 0.2) is 73.3 Å². The summed E-state index contributed by atoms with van der Waals surface area (Å²) in [6, 6.07) is 19.5. The Kier molecular flexibility index (Phi) is 7.58. The van der Waals surface area contributed by atoms with Gasteiger partial charge in [-0.3, -0.25) is 14.2 Å². The number of aromatic nitrogens is 4. The van der Waals surface area contributed by atoms with Gasteiger partial charge in [-0.15, -0.1) is 10.2 Å². The summed E-state index contributed by atoms with van der Waals surface area (Å²) in [5.74, 6) is -0.410. The molecular formula is C29H25Cl2N5O2. The van der Waals surface area contributed by atoms with Crippen molar-refractivity contribution in [3.63, 3.8) is 0 Å². The molecule has 0 bridgehead atoms. The lowest BCUT2D eigenvalue weighted by atomic mass is 10.0. The zero-order valence-electron chi connectivity index (χ0n) is 20.7. The number of hydrogen-bond acceptors (Lipinski definition) is 4. The summed E-state index contributed by atoms with van der Waals surface area (Å²) in [5, 5.41) is 11.8. The second-order valence-corrected chi connectivity index (χ2v) is 9.90. The van der Waals surface area contributed by atoms with Gasteiger partial charge >= 0.3 is 0 Å². The molecule has 9 heteroatoms. The molecule has 3 aromatic carbocycles. The molecule has 0 aliphatic rings. The fourth-order valence-corrected chi connectivity index (χ4v) is 5.38. The number of hydrogen-bond donors (Lipinski definition) is 1. The second-order valence-electron chi connectivity index (χ2n) is 9.08. The minimum atomic E-state index is -0.410. The summed E-state index contributed by atoms with van der Waals surface area (Å²) in [7, 11) is 0. The van der Waals surface area contributed by atoms with Gasteiger partial charge in [-0.1, -0.05) is 65.2 Å². The van der Waals surface area contributed by atoms with Crippen molar-refractivity contribution in [3.05, 3.63) is 111 Å². The largest absolute Gasteiger partial charge is 0.334 e. The standard InChI is InChI=1S/C29H25Cl2N5O2/c1-19-10-11-27-22(12-19)23(15-37)26(9-5-8-20-6-3-2-4-7-20)36(27)16-32-29(38)28-24(30)13-21(14-25(28)31)35-17-33-34-18-35/h2-4,6-7,10-15,17-18H,5,8-9,16H2,1H3,(H,32,38). The van der Waals surface area contributed by atoms with Crippen LogP contribution < -0.4 is 5.32 Å². The third-order valence-electron chi connectivity index (χ3n) is 6.58. The number of halogens is 2. The van der Waals surface area contributed by atoms with Gasteiger partial charge in [-0.25, -0.2) is 0 Å². The molecule has 0 saturated heterocycles. The van der Waals surface area contributed by atoms with Crippen LogP contribution in [-0.2, 0) is 19.5 Å². The van der Waals surface area contributed by atoms with Gasteiger partial charge in [0, 0.05) is 16.6 Å². The number of fused-ring (bicyclic) bond motifs is 1. The fourth-order valence-electron chi connectivity index (χ4n) is 4.73. The van der Waals surface area contributed by atoms with Crippen molar-refractivity contribution >= 4 is 46.3 Å². The second kappa shape index (κ2) is 11.2. The zero-order chi connectivity index (χ0) is 26.6. The Hall–Kier alpha value is -3.94. The third kappa shape index (κ3) is 5.21. The average Bonchev–Trinajstić information content (AvgIpc) is 3.54. The van der Waals surface area contributed by atoms with Crippen LogP contribution >= 0.6 is 23.2 Å².